The van der Waals surface area contributed by atoms with E-state index in [1.807, 2.05) is 30.5 Å². The third-order valence-electron chi connectivity index (χ3n) is 2.63. The maximum absolute atomic E-state index is 11.0. The lowest BCUT2D eigenvalue weighted by Gasteiger charge is -2.00. The number of thioether (sulfide) groups is 1. The molecule has 0 spiro atoms. The minimum atomic E-state index is -0.0262. The molecule has 0 radical (unpaired) electrons. The Hall–Kier alpha value is -1.95. The Balaban J connectivity index is 1.72. The fourth-order valence-corrected chi connectivity index (χ4v) is 2.41. The molecule has 0 aliphatic carbocycles. The zero-order chi connectivity index (χ0) is 12.4. The second kappa shape index (κ2) is 4.73. The van der Waals surface area contributed by atoms with Crippen LogP contribution in [-0.4, -0.2) is 29.3 Å². The molecule has 6 heteroatoms. The van der Waals surface area contributed by atoms with Crippen LogP contribution in [0.25, 0.3) is 0 Å². The Morgan fingerprint density at radius 3 is 3.17 bits per heavy atom. The molecule has 1 saturated heterocycles. The van der Waals surface area contributed by atoms with Gasteiger partial charge in [0.15, 0.2) is 5.17 Å². The van der Waals surface area contributed by atoms with Gasteiger partial charge in [-0.3, -0.25) is 9.79 Å². The van der Waals surface area contributed by atoms with Gasteiger partial charge in [-0.25, -0.2) is 0 Å². The summed E-state index contributed by atoms with van der Waals surface area (Å²) in [6, 6.07) is 7.94. The summed E-state index contributed by atoms with van der Waals surface area (Å²) in [5.74, 6) is 0.455. The van der Waals surface area contributed by atoms with Gasteiger partial charge in [0, 0.05) is 12.4 Å². The number of benzene rings is 1. The van der Waals surface area contributed by atoms with E-state index in [-0.39, 0.29) is 11.8 Å². The number of hydrogen-bond acceptors (Lipinski definition) is 5. The monoisotopic (exact) mass is 258 g/mol. The van der Waals surface area contributed by atoms with Crippen molar-refractivity contribution in [2.45, 2.75) is 5.92 Å². The highest BCUT2D eigenvalue weighted by molar-refractivity contribution is 8.15. The predicted octanol–water partition coefficient (Wildman–Crippen LogP) is 1.69. The van der Waals surface area contributed by atoms with Gasteiger partial charge in [0.1, 0.15) is 0 Å². The van der Waals surface area contributed by atoms with Crippen molar-refractivity contribution in [1.29, 1.82) is 0 Å². The van der Waals surface area contributed by atoms with Crippen LogP contribution in [0.1, 0.15) is 11.5 Å². The van der Waals surface area contributed by atoms with E-state index in [2.05, 4.69) is 20.5 Å². The van der Waals surface area contributed by atoms with Crippen molar-refractivity contribution in [1.82, 2.24) is 5.32 Å². The number of fused-ring (bicyclic) bond motifs is 1. The van der Waals surface area contributed by atoms with E-state index >= 15 is 0 Å². The van der Waals surface area contributed by atoms with Crippen LogP contribution in [0.2, 0.25) is 0 Å². The van der Waals surface area contributed by atoms with E-state index in [4.69, 9.17) is 0 Å². The molecule has 1 aromatic carbocycles. The molecule has 0 saturated carbocycles. The van der Waals surface area contributed by atoms with Crippen molar-refractivity contribution in [3.63, 3.8) is 0 Å². The van der Waals surface area contributed by atoms with Crippen LogP contribution in [0.5, 0.6) is 0 Å². The first-order valence-electron chi connectivity index (χ1n) is 5.50. The molecule has 5 nitrogen and oxygen atoms in total. The Morgan fingerprint density at radius 1 is 1.44 bits per heavy atom. The number of nitrogens with zero attached hydrogens (tertiary/aromatic N) is 3. The Labute approximate surface area is 108 Å². The molecule has 90 valence electrons. The molecule has 2 aliphatic heterocycles. The summed E-state index contributed by atoms with van der Waals surface area (Å²) in [7, 11) is 0. The summed E-state index contributed by atoms with van der Waals surface area (Å²) in [5, 5.41) is 11.2. The molecule has 1 unspecified atom stereocenters. The molecule has 1 fully saturated rings. The largest absolute Gasteiger partial charge is 0.303 e. The third-order valence-corrected chi connectivity index (χ3v) is 3.50. The van der Waals surface area contributed by atoms with Crippen molar-refractivity contribution in [2.75, 3.05) is 5.75 Å². The predicted molar refractivity (Wildman–Crippen MR) is 73.9 cm³/mol. The van der Waals surface area contributed by atoms with Gasteiger partial charge in [-0.15, -0.1) is 5.10 Å². The number of nitrogens with one attached hydrogen (secondary N) is 1. The number of amides is 1. The van der Waals surface area contributed by atoms with Gasteiger partial charge in [-0.05, 0) is 11.6 Å². The fourth-order valence-electron chi connectivity index (χ4n) is 1.78. The normalized spacial score (nSPS) is 23.9. The highest BCUT2D eigenvalue weighted by Gasteiger charge is 2.17. The first-order chi connectivity index (χ1) is 8.83. The average molecular weight is 258 g/mol. The molecule has 1 amide bonds. The van der Waals surface area contributed by atoms with Crippen LogP contribution in [0.4, 0.5) is 5.69 Å². The van der Waals surface area contributed by atoms with Gasteiger partial charge in [0.25, 0.3) is 0 Å². The number of aliphatic imine (C=N–C) groups is 1. The summed E-state index contributed by atoms with van der Waals surface area (Å²) in [6.45, 7) is 0. The maximum atomic E-state index is 11.0. The summed E-state index contributed by atoms with van der Waals surface area (Å²) in [5.41, 5.74) is 2.11. The molecule has 0 aromatic heterocycles. The minimum absolute atomic E-state index is 0.0262. The van der Waals surface area contributed by atoms with Crippen LogP contribution >= 0.6 is 11.8 Å². The molecule has 2 aliphatic rings. The smallest absolute Gasteiger partial charge is 0.236 e. The van der Waals surface area contributed by atoms with Crippen LogP contribution in [-0.2, 0) is 4.79 Å². The minimum Gasteiger partial charge on any atom is -0.303 e. The molecule has 1 N–H and O–H groups in total. The summed E-state index contributed by atoms with van der Waals surface area (Å²) >= 11 is 1.36. The summed E-state index contributed by atoms with van der Waals surface area (Å²) < 4.78 is 0. The molecule has 1 atom stereocenters. The Kier molecular flexibility index (Phi) is 2.93. The van der Waals surface area contributed by atoms with E-state index in [1.54, 1.807) is 6.21 Å². The standard InChI is InChI=1S/C12H10N4OS/c17-11-7-18-12(15-11)16-14-6-8-5-13-10-4-2-1-3-9(8)10/h1-6,8H,7H2,(H,15,16,17)/b14-6-. The molecular weight excluding hydrogens is 248 g/mol. The zero-order valence-electron chi connectivity index (χ0n) is 9.41. The van der Waals surface area contributed by atoms with Gasteiger partial charge in [-0.2, -0.15) is 5.10 Å². The average Bonchev–Trinajstić information content (AvgIpc) is 2.97. The van der Waals surface area contributed by atoms with E-state index in [1.165, 1.54) is 11.8 Å². The lowest BCUT2D eigenvalue weighted by Crippen LogP contribution is -2.19. The molecule has 0 bridgehead atoms. The van der Waals surface area contributed by atoms with Crippen molar-refractivity contribution >= 4 is 41.0 Å². The van der Waals surface area contributed by atoms with E-state index in [0.29, 0.717) is 10.9 Å². The van der Waals surface area contributed by atoms with Crippen LogP contribution in [0.15, 0.2) is 39.5 Å². The van der Waals surface area contributed by atoms with E-state index < -0.39 is 0 Å². The van der Waals surface area contributed by atoms with Crippen molar-refractivity contribution < 1.29 is 4.79 Å². The quantitative estimate of drug-likeness (QED) is 0.648. The summed E-state index contributed by atoms with van der Waals surface area (Å²) in [6.07, 6.45) is 3.57. The highest BCUT2D eigenvalue weighted by atomic mass is 32.2. The zero-order valence-corrected chi connectivity index (χ0v) is 10.2. The lowest BCUT2D eigenvalue weighted by molar-refractivity contribution is -0.116. The number of carbonyl (C=O) groups excluding carboxylic acids is 1. The number of hydrogen-bond donors (Lipinski definition) is 1. The van der Waals surface area contributed by atoms with Gasteiger partial charge < -0.3 is 5.32 Å². The number of rotatable bonds is 2. The van der Waals surface area contributed by atoms with Crippen molar-refractivity contribution in [3.8, 4) is 0 Å². The fraction of sp³-hybridized carbons (Fsp3) is 0.167. The third kappa shape index (κ3) is 2.19. The van der Waals surface area contributed by atoms with E-state index in [9.17, 15) is 4.79 Å². The Morgan fingerprint density at radius 2 is 2.33 bits per heavy atom. The van der Waals surface area contributed by atoms with Gasteiger partial charge >= 0.3 is 0 Å². The Bertz CT molecular complexity index is 579. The van der Waals surface area contributed by atoms with E-state index in [0.717, 1.165) is 11.3 Å². The van der Waals surface area contributed by atoms with Gasteiger partial charge in [0.2, 0.25) is 5.91 Å². The number of para-hydroxylation sites is 1. The molecule has 18 heavy (non-hydrogen) atoms. The second-order valence-corrected chi connectivity index (χ2v) is 4.83. The summed E-state index contributed by atoms with van der Waals surface area (Å²) in [4.78, 5) is 15.3. The van der Waals surface area contributed by atoms with Crippen molar-refractivity contribution in [3.05, 3.63) is 29.8 Å². The van der Waals surface area contributed by atoms with Crippen molar-refractivity contribution in [2.24, 2.45) is 15.2 Å². The SMILES string of the molecule is O=C1CS/C(=N/N=C\C2C=Nc3ccccc32)N1. The molecular formula is C12H10N4OS. The first kappa shape index (κ1) is 11.2. The highest BCUT2D eigenvalue weighted by Crippen LogP contribution is 2.30. The molecule has 3 rings (SSSR count). The second-order valence-electron chi connectivity index (χ2n) is 3.87. The first-order valence-corrected chi connectivity index (χ1v) is 6.48. The van der Waals surface area contributed by atoms with Crippen LogP contribution in [0, 0.1) is 0 Å². The topological polar surface area (TPSA) is 66.2 Å². The molecule has 1 aromatic rings. The van der Waals surface area contributed by atoms with Crippen LogP contribution < -0.4 is 5.32 Å². The van der Waals surface area contributed by atoms with Gasteiger partial charge in [-0.1, -0.05) is 30.0 Å². The lowest BCUT2D eigenvalue weighted by atomic mass is 10.0. The maximum Gasteiger partial charge on any atom is 0.236 e. The van der Waals surface area contributed by atoms with Gasteiger partial charge in [0.05, 0.1) is 17.4 Å². The number of amidine groups is 1. The number of carbonyl (C=O) groups is 1. The molecule has 2 heterocycles. The van der Waals surface area contributed by atoms with Crippen LogP contribution in [0.3, 0.4) is 0 Å².